The number of carbonyl (C=O) groups excluding carboxylic acids is 1. The Balaban J connectivity index is 2.24. The van der Waals surface area contributed by atoms with Crippen LogP contribution in [-0.4, -0.2) is 21.6 Å². The van der Waals surface area contributed by atoms with Crippen molar-refractivity contribution in [2.24, 2.45) is 5.10 Å². The fraction of sp³-hybridized carbons (Fsp3) is 0.0769. The molecule has 0 aliphatic heterocycles. The molecule has 0 saturated carbocycles. The molecule has 0 aromatic carbocycles. The average Bonchev–Trinajstić information content (AvgIpc) is 2.54. The number of pyridine rings is 2. The van der Waals surface area contributed by atoms with Gasteiger partial charge in [0.1, 0.15) is 5.02 Å². The maximum Gasteiger partial charge on any atom is 0.291 e. The molecule has 2 aromatic rings. The molecule has 2 aromatic heterocycles. The van der Waals surface area contributed by atoms with E-state index in [1.165, 1.54) is 0 Å². The topological polar surface area (TPSA) is 93.3 Å². The Morgan fingerprint density at radius 3 is 2.68 bits per heavy atom. The van der Waals surface area contributed by atoms with E-state index < -0.39 is 5.91 Å². The summed E-state index contributed by atoms with van der Waals surface area (Å²) in [5, 5.41) is 3.76. The maximum absolute atomic E-state index is 12.1. The Morgan fingerprint density at radius 1 is 1.32 bits per heavy atom. The monoisotopic (exact) mass is 357 g/mol. The van der Waals surface area contributed by atoms with Gasteiger partial charge in [0.25, 0.3) is 5.91 Å². The van der Waals surface area contributed by atoms with E-state index in [1.54, 1.807) is 31.5 Å². The average molecular weight is 359 g/mol. The maximum atomic E-state index is 12.1. The van der Waals surface area contributed by atoms with Crippen molar-refractivity contribution in [1.29, 1.82) is 0 Å². The number of hydrazone groups is 1. The van der Waals surface area contributed by atoms with Gasteiger partial charge in [0.15, 0.2) is 10.8 Å². The summed E-state index contributed by atoms with van der Waals surface area (Å²) in [5.41, 5.74) is 9.14. The number of aromatic nitrogens is 2. The molecule has 1 amide bonds. The van der Waals surface area contributed by atoms with Crippen LogP contribution in [0.1, 0.15) is 23.0 Å². The zero-order valence-electron chi connectivity index (χ0n) is 11.3. The summed E-state index contributed by atoms with van der Waals surface area (Å²) < 4.78 is 0. The number of rotatable bonds is 3. The predicted octanol–water partition coefficient (Wildman–Crippen LogP) is 3.17. The summed E-state index contributed by atoms with van der Waals surface area (Å²) in [5.74, 6) is -0.654. The van der Waals surface area contributed by atoms with Crippen LogP contribution in [-0.2, 0) is 0 Å². The Hall–Kier alpha value is -1.89. The minimum atomic E-state index is -0.654. The van der Waals surface area contributed by atoms with Crippen LogP contribution in [0.4, 0.5) is 5.69 Å². The van der Waals surface area contributed by atoms with Crippen molar-refractivity contribution >= 4 is 52.1 Å². The van der Waals surface area contributed by atoms with Crippen molar-refractivity contribution < 1.29 is 4.79 Å². The van der Waals surface area contributed by atoms with Gasteiger partial charge in [0, 0.05) is 18.0 Å². The van der Waals surface area contributed by atoms with E-state index in [0.29, 0.717) is 5.71 Å². The highest BCUT2D eigenvalue weighted by molar-refractivity contribution is 6.46. The van der Waals surface area contributed by atoms with Gasteiger partial charge in [0.05, 0.1) is 16.4 Å². The Labute approximate surface area is 141 Å². The molecule has 22 heavy (non-hydrogen) atoms. The van der Waals surface area contributed by atoms with Gasteiger partial charge in [-0.15, -0.1) is 0 Å². The lowest BCUT2D eigenvalue weighted by Crippen LogP contribution is -2.21. The van der Waals surface area contributed by atoms with E-state index in [4.69, 9.17) is 40.5 Å². The van der Waals surface area contributed by atoms with Crippen LogP contribution in [0, 0.1) is 0 Å². The minimum Gasteiger partial charge on any atom is -0.396 e. The summed E-state index contributed by atoms with van der Waals surface area (Å²) in [7, 11) is 0. The molecular weight excluding hydrogens is 349 g/mol. The van der Waals surface area contributed by atoms with E-state index in [1.807, 2.05) is 0 Å². The second-order valence-electron chi connectivity index (χ2n) is 4.17. The zero-order valence-corrected chi connectivity index (χ0v) is 13.5. The van der Waals surface area contributed by atoms with Crippen molar-refractivity contribution in [3.8, 4) is 0 Å². The highest BCUT2D eigenvalue weighted by Gasteiger charge is 2.19. The highest BCUT2D eigenvalue weighted by atomic mass is 35.5. The number of amides is 1. The number of hydrogen-bond donors (Lipinski definition) is 2. The molecule has 0 unspecified atom stereocenters. The third-order valence-electron chi connectivity index (χ3n) is 2.69. The standard InChI is InChI=1S/C13H10Cl3N5O/c1-6(7-3-2-4-18-5-7)20-21-13(22)11-8(14)10(17)9(15)12(16)19-11/h2-5H,1H3,(H2,17,19)(H,21,22)/b20-6-. The van der Waals surface area contributed by atoms with Gasteiger partial charge < -0.3 is 5.73 Å². The molecule has 0 spiro atoms. The van der Waals surface area contributed by atoms with Crippen molar-refractivity contribution in [3.63, 3.8) is 0 Å². The van der Waals surface area contributed by atoms with Gasteiger partial charge in [-0.1, -0.05) is 40.9 Å². The summed E-state index contributed by atoms with van der Waals surface area (Å²) in [4.78, 5) is 19.9. The van der Waals surface area contributed by atoms with E-state index >= 15 is 0 Å². The molecule has 0 aliphatic carbocycles. The molecule has 0 saturated heterocycles. The third kappa shape index (κ3) is 3.47. The Kier molecular flexibility index (Phi) is 5.18. The first-order valence-corrected chi connectivity index (χ1v) is 7.10. The van der Waals surface area contributed by atoms with Crippen LogP contribution in [0.3, 0.4) is 0 Å². The largest absolute Gasteiger partial charge is 0.396 e. The lowest BCUT2D eigenvalue weighted by Gasteiger charge is -2.08. The van der Waals surface area contributed by atoms with Crippen molar-refractivity contribution in [1.82, 2.24) is 15.4 Å². The second kappa shape index (κ2) is 6.91. The van der Waals surface area contributed by atoms with Gasteiger partial charge in [-0.05, 0) is 13.0 Å². The van der Waals surface area contributed by atoms with E-state index in [-0.39, 0.29) is 26.6 Å². The molecule has 2 heterocycles. The number of halogens is 3. The van der Waals surface area contributed by atoms with E-state index in [9.17, 15) is 4.79 Å². The van der Waals surface area contributed by atoms with Gasteiger partial charge in [-0.3, -0.25) is 9.78 Å². The van der Waals surface area contributed by atoms with E-state index in [0.717, 1.165) is 5.56 Å². The molecule has 0 fully saturated rings. The molecule has 3 N–H and O–H groups in total. The zero-order chi connectivity index (χ0) is 16.3. The van der Waals surface area contributed by atoms with Crippen LogP contribution in [0.5, 0.6) is 0 Å². The van der Waals surface area contributed by atoms with Gasteiger partial charge in [0.2, 0.25) is 0 Å². The second-order valence-corrected chi connectivity index (χ2v) is 5.29. The van der Waals surface area contributed by atoms with Gasteiger partial charge in [-0.25, -0.2) is 10.4 Å². The van der Waals surface area contributed by atoms with Crippen molar-refractivity contribution in [2.75, 3.05) is 5.73 Å². The van der Waals surface area contributed by atoms with Gasteiger partial charge >= 0.3 is 0 Å². The predicted molar refractivity (Wildman–Crippen MR) is 87.6 cm³/mol. The Morgan fingerprint density at radius 2 is 2.05 bits per heavy atom. The van der Waals surface area contributed by atoms with Crippen LogP contribution in [0.15, 0.2) is 29.6 Å². The fourth-order valence-corrected chi connectivity index (χ4v) is 2.10. The van der Waals surface area contributed by atoms with Gasteiger partial charge in [-0.2, -0.15) is 5.10 Å². The molecule has 9 heteroatoms. The molecule has 0 radical (unpaired) electrons. The summed E-state index contributed by atoms with van der Waals surface area (Å²) in [6, 6.07) is 3.56. The van der Waals surface area contributed by atoms with Crippen LogP contribution in [0.2, 0.25) is 15.2 Å². The number of nitrogens with zero attached hydrogens (tertiary/aromatic N) is 3. The number of nitrogens with one attached hydrogen (secondary N) is 1. The molecule has 6 nitrogen and oxygen atoms in total. The number of nitrogens with two attached hydrogens (primary N) is 1. The summed E-state index contributed by atoms with van der Waals surface area (Å²) in [6.07, 6.45) is 3.25. The number of carbonyl (C=O) groups is 1. The molecule has 2 rings (SSSR count). The summed E-state index contributed by atoms with van der Waals surface area (Å²) >= 11 is 17.5. The lowest BCUT2D eigenvalue weighted by atomic mass is 10.2. The molecule has 0 aliphatic rings. The Bertz CT molecular complexity index is 749. The lowest BCUT2D eigenvalue weighted by molar-refractivity contribution is 0.0950. The number of nitrogen functional groups attached to an aromatic ring is 1. The SMILES string of the molecule is C/C(=N/NC(=O)c1nc(Cl)c(Cl)c(N)c1Cl)c1cccnc1. The quantitative estimate of drug-likeness (QED) is 0.500. The third-order valence-corrected chi connectivity index (χ3v) is 3.83. The normalized spacial score (nSPS) is 11.4. The fourth-order valence-electron chi connectivity index (χ4n) is 1.51. The first-order chi connectivity index (χ1) is 10.4. The van der Waals surface area contributed by atoms with Crippen molar-refractivity contribution in [3.05, 3.63) is 51.0 Å². The highest BCUT2D eigenvalue weighted by Crippen LogP contribution is 2.34. The smallest absolute Gasteiger partial charge is 0.291 e. The minimum absolute atomic E-state index is 0.00161. The molecule has 0 bridgehead atoms. The van der Waals surface area contributed by atoms with Crippen LogP contribution in [0.25, 0.3) is 0 Å². The summed E-state index contributed by atoms with van der Waals surface area (Å²) in [6.45, 7) is 1.72. The van der Waals surface area contributed by atoms with E-state index in [2.05, 4.69) is 20.5 Å². The van der Waals surface area contributed by atoms with Crippen LogP contribution >= 0.6 is 34.8 Å². The first kappa shape index (κ1) is 16.5. The first-order valence-electron chi connectivity index (χ1n) is 5.96. The van der Waals surface area contributed by atoms with Crippen LogP contribution < -0.4 is 11.2 Å². The number of hydrogen-bond acceptors (Lipinski definition) is 5. The molecule has 0 atom stereocenters. The van der Waals surface area contributed by atoms with Crippen molar-refractivity contribution in [2.45, 2.75) is 6.92 Å². The molecule has 114 valence electrons. The molecular formula is C13H10Cl3N5O. The number of anilines is 1.